The molecule has 0 aliphatic carbocycles. The van der Waals surface area contributed by atoms with Gasteiger partial charge in [-0.25, -0.2) is 0 Å². The molecule has 0 saturated heterocycles. The van der Waals surface area contributed by atoms with Gasteiger partial charge in [-0.1, -0.05) is 55.0 Å². The quantitative estimate of drug-likeness (QED) is 0.731. The molecule has 0 aromatic heterocycles. The summed E-state index contributed by atoms with van der Waals surface area (Å²) in [5.74, 6) is 0.260. The third-order valence-electron chi connectivity index (χ3n) is 4.43. The van der Waals surface area contributed by atoms with Gasteiger partial charge in [0.1, 0.15) is 11.8 Å². The molecule has 0 aliphatic heterocycles. The molecule has 156 valence electrons. The second-order valence-electron chi connectivity index (χ2n) is 8.28. The van der Waals surface area contributed by atoms with Gasteiger partial charge in [-0.2, -0.15) is 0 Å². The first-order valence-corrected chi connectivity index (χ1v) is 10.0. The van der Waals surface area contributed by atoms with Crippen molar-refractivity contribution in [3.05, 3.63) is 65.7 Å². The van der Waals surface area contributed by atoms with Gasteiger partial charge in [-0.3, -0.25) is 9.59 Å². The van der Waals surface area contributed by atoms with Crippen molar-refractivity contribution in [2.24, 2.45) is 0 Å². The van der Waals surface area contributed by atoms with Gasteiger partial charge in [-0.05, 0) is 51.8 Å². The van der Waals surface area contributed by atoms with E-state index in [1.165, 1.54) is 0 Å². The molecule has 5 nitrogen and oxygen atoms in total. The first-order valence-electron chi connectivity index (χ1n) is 10.0. The van der Waals surface area contributed by atoms with E-state index in [1.54, 1.807) is 4.90 Å². The van der Waals surface area contributed by atoms with Gasteiger partial charge >= 0.3 is 0 Å². The predicted octanol–water partition coefficient (Wildman–Crippen LogP) is 4.10. The molecule has 2 amide bonds. The molecule has 0 unspecified atom stereocenters. The second kappa shape index (κ2) is 10.1. The summed E-state index contributed by atoms with van der Waals surface area (Å²) in [5, 5.41) is 3.00. The average molecular weight is 397 g/mol. The molecule has 29 heavy (non-hydrogen) atoms. The Balaban J connectivity index is 2.22. The number of hydrogen-bond donors (Lipinski definition) is 1. The summed E-state index contributed by atoms with van der Waals surface area (Å²) in [7, 11) is 0. The monoisotopic (exact) mass is 396 g/mol. The highest BCUT2D eigenvalue weighted by Gasteiger charge is 2.30. The lowest BCUT2D eigenvalue weighted by Gasteiger charge is -2.33. The molecule has 1 atom stereocenters. The Hall–Kier alpha value is -2.82. The average Bonchev–Trinajstić information content (AvgIpc) is 2.65. The Labute approximate surface area is 174 Å². The summed E-state index contributed by atoms with van der Waals surface area (Å²) in [6, 6.07) is 16.6. The van der Waals surface area contributed by atoms with Gasteiger partial charge in [0.2, 0.25) is 5.91 Å². The van der Waals surface area contributed by atoms with Crippen LogP contribution in [0, 0.1) is 6.92 Å². The first-order chi connectivity index (χ1) is 13.7. The number of nitrogens with one attached hydrogen (secondary N) is 1. The van der Waals surface area contributed by atoms with Crippen LogP contribution < -0.4 is 10.1 Å². The van der Waals surface area contributed by atoms with E-state index >= 15 is 0 Å². The number of carbonyl (C=O) groups excluding carboxylic acids is 2. The molecule has 1 N–H and O–H groups in total. The fourth-order valence-corrected chi connectivity index (χ4v) is 3.12. The van der Waals surface area contributed by atoms with Crippen molar-refractivity contribution in [2.45, 2.75) is 59.2 Å². The Bertz CT molecular complexity index is 812. The van der Waals surface area contributed by atoms with E-state index in [2.05, 4.69) is 5.32 Å². The molecule has 0 heterocycles. The van der Waals surface area contributed by atoms with E-state index in [0.29, 0.717) is 18.7 Å². The summed E-state index contributed by atoms with van der Waals surface area (Å²) in [4.78, 5) is 27.6. The Morgan fingerprint density at radius 1 is 1.07 bits per heavy atom. The van der Waals surface area contributed by atoms with Crippen LogP contribution in [0.25, 0.3) is 0 Å². The molecule has 0 saturated carbocycles. The zero-order valence-electron chi connectivity index (χ0n) is 18.1. The van der Waals surface area contributed by atoms with Crippen LogP contribution in [0.5, 0.6) is 5.75 Å². The molecule has 2 aromatic rings. The minimum absolute atomic E-state index is 0.116. The lowest BCUT2D eigenvalue weighted by Crippen LogP contribution is -2.54. The van der Waals surface area contributed by atoms with E-state index in [-0.39, 0.29) is 24.0 Å². The van der Waals surface area contributed by atoms with Crippen LogP contribution in [0.15, 0.2) is 54.6 Å². The maximum atomic E-state index is 13.1. The normalized spacial score (nSPS) is 12.2. The van der Waals surface area contributed by atoms with E-state index < -0.39 is 6.04 Å². The molecule has 0 aliphatic rings. The van der Waals surface area contributed by atoms with Crippen LogP contribution in [0.4, 0.5) is 0 Å². The Morgan fingerprint density at radius 2 is 1.76 bits per heavy atom. The summed E-state index contributed by atoms with van der Waals surface area (Å²) in [5.41, 5.74) is 1.73. The molecule has 0 fully saturated rings. The third-order valence-corrected chi connectivity index (χ3v) is 4.43. The summed E-state index contributed by atoms with van der Waals surface area (Å²) < 4.78 is 5.66. The highest BCUT2D eigenvalue weighted by molar-refractivity contribution is 5.88. The van der Waals surface area contributed by atoms with Crippen LogP contribution in [-0.4, -0.2) is 34.9 Å². The van der Waals surface area contributed by atoms with Gasteiger partial charge in [0, 0.05) is 12.1 Å². The second-order valence-corrected chi connectivity index (χ2v) is 8.28. The SMILES string of the molecule is CC[C@H](C(=O)NC(C)(C)C)N(Cc1cccc(C)c1)C(=O)COc1ccccc1. The molecule has 2 rings (SSSR count). The summed E-state index contributed by atoms with van der Waals surface area (Å²) >= 11 is 0. The fourth-order valence-electron chi connectivity index (χ4n) is 3.12. The molecule has 0 bridgehead atoms. The zero-order chi connectivity index (χ0) is 21.4. The molecule has 2 aromatic carbocycles. The maximum Gasteiger partial charge on any atom is 0.261 e. The van der Waals surface area contributed by atoms with Gasteiger partial charge in [0.05, 0.1) is 0 Å². The van der Waals surface area contributed by atoms with Crippen LogP contribution >= 0.6 is 0 Å². The molecule has 0 spiro atoms. The number of nitrogens with zero attached hydrogens (tertiary/aromatic N) is 1. The van der Waals surface area contributed by atoms with Gasteiger partial charge in [0.25, 0.3) is 5.91 Å². The number of benzene rings is 2. The summed E-state index contributed by atoms with van der Waals surface area (Å²) in [6.45, 7) is 9.97. The minimum Gasteiger partial charge on any atom is -0.484 e. The lowest BCUT2D eigenvalue weighted by atomic mass is 10.1. The molecular weight excluding hydrogens is 364 g/mol. The summed E-state index contributed by atoms with van der Waals surface area (Å²) in [6.07, 6.45) is 0.519. The number of aryl methyl sites for hydroxylation is 1. The van der Waals surface area contributed by atoms with Crippen molar-refractivity contribution in [3.8, 4) is 5.75 Å². The number of amides is 2. The molecular formula is C24H32N2O3. The van der Waals surface area contributed by atoms with E-state index in [0.717, 1.165) is 11.1 Å². The van der Waals surface area contributed by atoms with Crippen molar-refractivity contribution >= 4 is 11.8 Å². The lowest BCUT2D eigenvalue weighted by molar-refractivity contribution is -0.143. The van der Waals surface area contributed by atoms with Crippen LogP contribution in [0.3, 0.4) is 0 Å². The van der Waals surface area contributed by atoms with Gasteiger partial charge in [0.15, 0.2) is 6.61 Å². The fraction of sp³-hybridized carbons (Fsp3) is 0.417. The maximum absolute atomic E-state index is 13.1. The van der Waals surface area contributed by atoms with E-state index in [4.69, 9.17) is 4.74 Å². The highest BCUT2D eigenvalue weighted by atomic mass is 16.5. The number of ether oxygens (including phenoxy) is 1. The largest absolute Gasteiger partial charge is 0.484 e. The third kappa shape index (κ3) is 7.26. The predicted molar refractivity (Wildman–Crippen MR) is 116 cm³/mol. The van der Waals surface area contributed by atoms with Crippen molar-refractivity contribution in [2.75, 3.05) is 6.61 Å². The van der Waals surface area contributed by atoms with E-state index in [1.807, 2.05) is 89.2 Å². The first kappa shape index (κ1) is 22.5. The molecule has 5 heteroatoms. The standard InChI is InChI=1S/C24H32N2O3/c1-6-21(23(28)25-24(3,4)5)26(16-19-12-10-11-18(2)15-19)22(27)17-29-20-13-8-7-9-14-20/h7-15,21H,6,16-17H2,1-5H3,(H,25,28)/t21-/m1/s1. The number of rotatable bonds is 8. The van der Waals surface area contributed by atoms with Crippen molar-refractivity contribution in [3.63, 3.8) is 0 Å². The highest BCUT2D eigenvalue weighted by Crippen LogP contribution is 2.16. The number of para-hydroxylation sites is 1. The smallest absolute Gasteiger partial charge is 0.261 e. The minimum atomic E-state index is -0.568. The molecule has 0 radical (unpaired) electrons. The van der Waals surface area contributed by atoms with Crippen molar-refractivity contribution in [1.82, 2.24) is 10.2 Å². The Kier molecular flexibility index (Phi) is 7.82. The zero-order valence-corrected chi connectivity index (χ0v) is 18.1. The topological polar surface area (TPSA) is 58.6 Å². The van der Waals surface area contributed by atoms with Gasteiger partial charge in [-0.15, -0.1) is 0 Å². The van der Waals surface area contributed by atoms with Crippen molar-refractivity contribution < 1.29 is 14.3 Å². The number of carbonyl (C=O) groups is 2. The number of hydrogen-bond acceptors (Lipinski definition) is 3. The van der Waals surface area contributed by atoms with E-state index in [9.17, 15) is 9.59 Å². The Morgan fingerprint density at radius 3 is 2.34 bits per heavy atom. The van der Waals surface area contributed by atoms with Crippen LogP contribution in [-0.2, 0) is 16.1 Å². The van der Waals surface area contributed by atoms with Crippen molar-refractivity contribution in [1.29, 1.82) is 0 Å². The van der Waals surface area contributed by atoms with Crippen LogP contribution in [0.1, 0.15) is 45.2 Å². The van der Waals surface area contributed by atoms with Crippen LogP contribution in [0.2, 0.25) is 0 Å². The van der Waals surface area contributed by atoms with Gasteiger partial charge < -0.3 is 15.0 Å².